The van der Waals surface area contributed by atoms with Gasteiger partial charge < -0.3 is 15.9 Å². The van der Waals surface area contributed by atoms with Gasteiger partial charge in [-0.2, -0.15) is 9.61 Å². The molecule has 0 bridgehead atoms. The number of aliphatic hydroxyl groups excluding tert-OH is 2. The van der Waals surface area contributed by atoms with E-state index in [-0.39, 0.29) is 19.1 Å². The molecule has 7 heteroatoms. The Balaban J connectivity index is 2.17. The lowest BCUT2D eigenvalue weighted by Gasteiger charge is -2.09. The predicted molar refractivity (Wildman–Crippen MR) is 61.2 cm³/mol. The van der Waals surface area contributed by atoms with E-state index in [4.69, 9.17) is 15.9 Å². The molecule has 2 heterocycles. The molecule has 0 saturated carbocycles. The van der Waals surface area contributed by atoms with Gasteiger partial charge in [-0.05, 0) is 12.8 Å². The second kappa shape index (κ2) is 5.07. The number of nitrogens with two attached hydrogens (primary N) is 1. The molecule has 0 saturated heterocycles. The van der Waals surface area contributed by atoms with Crippen molar-refractivity contribution in [3.8, 4) is 0 Å². The molecule has 92 valence electrons. The highest BCUT2D eigenvalue weighted by molar-refractivity contribution is 5.48. The third kappa shape index (κ3) is 2.34. The Labute approximate surface area is 97.9 Å². The highest BCUT2D eigenvalue weighted by Gasteiger charge is 2.11. The Morgan fingerprint density at radius 2 is 2.06 bits per heavy atom. The highest BCUT2D eigenvalue weighted by Crippen LogP contribution is 2.14. The fraction of sp³-hybridized carbons (Fsp3) is 0.500. The number of nitrogens with zero attached hydrogens (tertiary/aromatic N) is 4. The van der Waals surface area contributed by atoms with Crippen molar-refractivity contribution in [3.05, 3.63) is 18.1 Å². The zero-order valence-electron chi connectivity index (χ0n) is 9.32. The lowest BCUT2D eigenvalue weighted by molar-refractivity contribution is 0.144. The molecule has 2 rings (SSSR count). The minimum Gasteiger partial charge on any atom is -0.396 e. The smallest absolute Gasteiger partial charge is 0.224 e. The minimum absolute atomic E-state index is 0.0210. The van der Waals surface area contributed by atoms with Gasteiger partial charge in [-0.25, -0.2) is 9.97 Å². The molecular formula is C10H15N5O2. The largest absolute Gasteiger partial charge is 0.396 e. The molecule has 17 heavy (non-hydrogen) atoms. The number of rotatable bonds is 5. The summed E-state index contributed by atoms with van der Waals surface area (Å²) in [4.78, 5) is 7.95. The molecule has 0 aliphatic heterocycles. The molecule has 2 aromatic rings. The van der Waals surface area contributed by atoms with Crippen LogP contribution < -0.4 is 5.73 Å². The Kier molecular flexibility index (Phi) is 3.50. The summed E-state index contributed by atoms with van der Waals surface area (Å²) in [5.74, 6) is 0.186. The Morgan fingerprint density at radius 3 is 2.76 bits per heavy atom. The molecular weight excluding hydrogens is 222 g/mol. The van der Waals surface area contributed by atoms with Crippen molar-refractivity contribution in [1.82, 2.24) is 19.6 Å². The SMILES string of the molecule is Nc1ncnc2c(CCC(CO)CO)cnn12. The van der Waals surface area contributed by atoms with Gasteiger partial charge in [-0.1, -0.05) is 0 Å². The third-order valence-electron chi connectivity index (χ3n) is 2.74. The van der Waals surface area contributed by atoms with Crippen LogP contribution in [0.15, 0.2) is 12.5 Å². The van der Waals surface area contributed by atoms with Crippen LogP contribution in [0.25, 0.3) is 5.65 Å². The van der Waals surface area contributed by atoms with Crippen LogP contribution in [0.4, 0.5) is 5.95 Å². The summed E-state index contributed by atoms with van der Waals surface area (Å²) in [6, 6.07) is 0. The molecule has 2 aromatic heterocycles. The van der Waals surface area contributed by atoms with Crippen LogP contribution in [0.3, 0.4) is 0 Å². The number of fused-ring (bicyclic) bond motifs is 1. The molecule has 7 nitrogen and oxygen atoms in total. The highest BCUT2D eigenvalue weighted by atomic mass is 16.3. The van der Waals surface area contributed by atoms with E-state index in [9.17, 15) is 0 Å². The normalized spacial score (nSPS) is 11.5. The standard InChI is InChI=1S/C10H15N5O2/c11-10-13-6-12-9-8(3-14-15(9)10)2-1-7(4-16)5-17/h3,6-7,16-17H,1-2,4-5H2,(H2,11,12,13). The summed E-state index contributed by atoms with van der Waals surface area (Å²) in [5, 5.41) is 22.1. The average Bonchev–Trinajstić information content (AvgIpc) is 2.75. The first-order chi connectivity index (χ1) is 8.26. The van der Waals surface area contributed by atoms with Crippen LogP contribution >= 0.6 is 0 Å². The Hall–Kier alpha value is -1.73. The first-order valence-corrected chi connectivity index (χ1v) is 5.41. The van der Waals surface area contributed by atoms with E-state index in [1.807, 2.05) is 0 Å². The van der Waals surface area contributed by atoms with E-state index in [0.29, 0.717) is 24.4 Å². The van der Waals surface area contributed by atoms with E-state index in [2.05, 4.69) is 15.1 Å². The molecule has 4 N–H and O–H groups in total. The summed E-state index contributed by atoms with van der Waals surface area (Å²) in [6.45, 7) is -0.0420. The van der Waals surface area contributed by atoms with Crippen molar-refractivity contribution < 1.29 is 10.2 Å². The van der Waals surface area contributed by atoms with Crippen LogP contribution in [0.1, 0.15) is 12.0 Å². The van der Waals surface area contributed by atoms with Crippen LogP contribution in [0, 0.1) is 5.92 Å². The minimum atomic E-state index is -0.107. The zero-order chi connectivity index (χ0) is 12.3. The number of hydrogen-bond donors (Lipinski definition) is 3. The van der Waals surface area contributed by atoms with Gasteiger partial charge in [0.1, 0.15) is 6.33 Å². The number of aliphatic hydroxyl groups is 2. The lowest BCUT2D eigenvalue weighted by Crippen LogP contribution is -2.12. The quantitative estimate of drug-likeness (QED) is 0.630. The maximum atomic E-state index is 8.99. The van der Waals surface area contributed by atoms with Crippen molar-refractivity contribution in [3.63, 3.8) is 0 Å². The number of anilines is 1. The van der Waals surface area contributed by atoms with Gasteiger partial charge >= 0.3 is 0 Å². The van der Waals surface area contributed by atoms with Crippen molar-refractivity contribution in [1.29, 1.82) is 0 Å². The number of aromatic nitrogens is 4. The first kappa shape index (κ1) is 11.7. The molecule has 0 unspecified atom stereocenters. The maximum absolute atomic E-state index is 8.99. The molecule has 0 radical (unpaired) electrons. The van der Waals surface area contributed by atoms with E-state index in [1.165, 1.54) is 10.8 Å². The third-order valence-corrected chi connectivity index (χ3v) is 2.74. The Bertz CT molecular complexity index is 494. The first-order valence-electron chi connectivity index (χ1n) is 5.41. The van der Waals surface area contributed by atoms with Gasteiger partial charge in [0.15, 0.2) is 5.65 Å². The van der Waals surface area contributed by atoms with Gasteiger partial charge in [-0.3, -0.25) is 0 Å². The van der Waals surface area contributed by atoms with Crippen LogP contribution in [0.5, 0.6) is 0 Å². The van der Waals surface area contributed by atoms with Crippen molar-refractivity contribution >= 4 is 11.6 Å². The van der Waals surface area contributed by atoms with E-state index in [0.717, 1.165) is 5.56 Å². The van der Waals surface area contributed by atoms with Crippen LogP contribution in [-0.2, 0) is 6.42 Å². The molecule has 0 atom stereocenters. The van der Waals surface area contributed by atoms with Crippen molar-refractivity contribution in [2.75, 3.05) is 18.9 Å². The van der Waals surface area contributed by atoms with E-state index < -0.39 is 0 Å². The van der Waals surface area contributed by atoms with Crippen LogP contribution in [0.2, 0.25) is 0 Å². The summed E-state index contributed by atoms with van der Waals surface area (Å²) in [5.41, 5.74) is 7.26. The van der Waals surface area contributed by atoms with Gasteiger partial charge in [0.05, 0.1) is 6.20 Å². The monoisotopic (exact) mass is 237 g/mol. The summed E-state index contributed by atoms with van der Waals surface area (Å²) in [6.07, 6.45) is 4.45. The number of nitrogen functional groups attached to an aromatic ring is 1. The summed E-state index contributed by atoms with van der Waals surface area (Å²) in [7, 11) is 0. The topological polar surface area (TPSA) is 110 Å². The molecule has 0 aromatic carbocycles. The second-order valence-electron chi connectivity index (χ2n) is 3.91. The van der Waals surface area contributed by atoms with Crippen molar-refractivity contribution in [2.24, 2.45) is 5.92 Å². The second-order valence-corrected chi connectivity index (χ2v) is 3.91. The number of hydrogen-bond acceptors (Lipinski definition) is 6. The maximum Gasteiger partial charge on any atom is 0.224 e. The average molecular weight is 237 g/mol. The summed E-state index contributed by atoms with van der Waals surface area (Å²) < 4.78 is 1.47. The fourth-order valence-electron chi connectivity index (χ4n) is 1.65. The van der Waals surface area contributed by atoms with E-state index in [1.54, 1.807) is 6.20 Å². The van der Waals surface area contributed by atoms with Gasteiger partial charge in [0.25, 0.3) is 0 Å². The van der Waals surface area contributed by atoms with Crippen molar-refractivity contribution in [2.45, 2.75) is 12.8 Å². The van der Waals surface area contributed by atoms with Gasteiger partial charge in [0, 0.05) is 24.7 Å². The zero-order valence-corrected chi connectivity index (χ0v) is 9.32. The molecule has 0 aliphatic rings. The number of aryl methyl sites for hydroxylation is 1. The summed E-state index contributed by atoms with van der Waals surface area (Å²) >= 11 is 0. The molecule has 0 aliphatic carbocycles. The van der Waals surface area contributed by atoms with Gasteiger partial charge in [-0.15, -0.1) is 0 Å². The van der Waals surface area contributed by atoms with Crippen LogP contribution in [-0.4, -0.2) is 43.0 Å². The molecule has 0 spiro atoms. The molecule has 0 fully saturated rings. The predicted octanol–water partition coefficient (Wildman–Crippen LogP) is -0.760. The lowest BCUT2D eigenvalue weighted by atomic mass is 10.0. The molecule has 0 amide bonds. The van der Waals surface area contributed by atoms with Gasteiger partial charge in [0.2, 0.25) is 5.95 Å². The fourth-order valence-corrected chi connectivity index (χ4v) is 1.65. The van der Waals surface area contributed by atoms with E-state index >= 15 is 0 Å². The Morgan fingerprint density at radius 1 is 1.29 bits per heavy atom.